The van der Waals surface area contributed by atoms with Gasteiger partial charge in [0.2, 0.25) is 0 Å². The number of hydrogen-bond donors (Lipinski definition) is 1. The summed E-state index contributed by atoms with van der Waals surface area (Å²) in [5.74, 6) is -0.322. The molecule has 1 amide bonds. The van der Waals surface area contributed by atoms with Crippen LogP contribution in [0.1, 0.15) is 58.0 Å². The van der Waals surface area contributed by atoms with Gasteiger partial charge in [0.05, 0.1) is 27.3 Å². The molecule has 2 aromatic heterocycles. The number of fused-ring (bicyclic) bond motifs is 1. The van der Waals surface area contributed by atoms with Crippen molar-refractivity contribution in [2.75, 3.05) is 6.54 Å². The first-order chi connectivity index (χ1) is 17.6. The van der Waals surface area contributed by atoms with Crippen LogP contribution in [0.15, 0.2) is 72.3 Å². The summed E-state index contributed by atoms with van der Waals surface area (Å²) < 4.78 is 0. The molecule has 1 unspecified atom stereocenters. The average Bonchev–Trinajstić information content (AvgIpc) is 3.41. The van der Waals surface area contributed by atoms with Crippen molar-refractivity contribution < 1.29 is 4.79 Å². The molecule has 1 aliphatic heterocycles. The molecule has 0 bridgehead atoms. The fourth-order valence-electron chi connectivity index (χ4n) is 4.85. The highest BCUT2D eigenvalue weighted by Gasteiger charge is 2.28. The SMILES string of the molecule is O=C(NCc1ccc(CN(CC2=NC=CC2)C2CCCc3cccnc32)cc1)c1c(Cl)cncc1Cl. The van der Waals surface area contributed by atoms with Gasteiger partial charge in [0, 0.05) is 56.6 Å². The van der Waals surface area contributed by atoms with E-state index < -0.39 is 0 Å². The van der Waals surface area contributed by atoms with Crippen LogP contribution in [0.3, 0.4) is 0 Å². The van der Waals surface area contributed by atoms with E-state index in [1.54, 1.807) is 0 Å². The summed E-state index contributed by atoms with van der Waals surface area (Å²) in [6.45, 7) is 1.99. The third kappa shape index (κ3) is 5.67. The monoisotopic (exact) mass is 519 g/mol. The van der Waals surface area contributed by atoms with Crippen molar-refractivity contribution in [1.82, 2.24) is 20.2 Å². The maximum atomic E-state index is 12.6. The Morgan fingerprint density at radius 1 is 1.06 bits per heavy atom. The Labute approximate surface area is 221 Å². The van der Waals surface area contributed by atoms with E-state index in [1.807, 2.05) is 30.6 Å². The van der Waals surface area contributed by atoms with Gasteiger partial charge in [-0.2, -0.15) is 0 Å². The topological polar surface area (TPSA) is 70.5 Å². The lowest BCUT2D eigenvalue weighted by Crippen LogP contribution is -2.35. The van der Waals surface area contributed by atoms with Crippen LogP contribution >= 0.6 is 23.2 Å². The molecule has 5 rings (SSSR count). The number of benzene rings is 1. The maximum absolute atomic E-state index is 12.6. The van der Waals surface area contributed by atoms with E-state index in [9.17, 15) is 4.79 Å². The predicted molar refractivity (Wildman–Crippen MR) is 143 cm³/mol. The zero-order chi connectivity index (χ0) is 24.9. The summed E-state index contributed by atoms with van der Waals surface area (Å²) in [7, 11) is 0. The van der Waals surface area contributed by atoms with E-state index in [0.717, 1.165) is 44.3 Å². The molecule has 0 radical (unpaired) electrons. The molecule has 1 N–H and O–H groups in total. The lowest BCUT2D eigenvalue weighted by atomic mass is 9.90. The smallest absolute Gasteiger partial charge is 0.254 e. The van der Waals surface area contributed by atoms with Crippen molar-refractivity contribution in [2.24, 2.45) is 4.99 Å². The molecule has 3 aromatic rings. The second-order valence-electron chi connectivity index (χ2n) is 9.12. The molecule has 2 aliphatic rings. The molecule has 184 valence electrons. The number of rotatable bonds is 8. The number of aryl methyl sites for hydroxylation is 1. The number of allylic oxidation sites excluding steroid dienone is 1. The Kier molecular flexibility index (Phi) is 7.75. The van der Waals surface area contributed by atoms with Crippen LogP contribution in [0.4, 0.5) is 0 Å². The number of halogens is 2. The van der Waals surface area contributed by atoms with Crippen LogP contribution < -0.4 is 5.32 Å². The zero-order valence-electron chi connectivity index (χ0n) is 19.8. The first kappa shape index (κ1) is 24.6. The summed E-state index contributed by atoms with van der Waals surface area (Å²) in [5.41, 5.74) is 6.18. The number of carbonyl (C=O) groups excluding carboxylic acids is 1. The summed E-state index contributed by atoms with van der Waals surface area (Å²) >= 11 is 12.2. The molecule has 0 spiro atoms. The van der Waals surface area contributed by atoms with Gasteiger partial charge in [0.1, 0.15) is 0 Å². The van der Waals surface area contributed by atoms with Crippen LogP contribution in [0, 0.1) is 0 Å². The highest BCUT2D eigenvalue weighted by atomic mass is 35.5. The van der Waals surface area contributed by atoms with Crippen molar-refractivity contribution in [3.05, 3.63) is 105 Å². The fourth-order valence-corrected chi connectivity index (χ4v) is 5.39. The van der Waals surface area contributed by atoms with Crippen LogP contribution in [0.2, 0.25) is 10.0 Å². The van der Waals surface area contributed by atoms with Crippen LogP contribution in [-0.4, -0.2) is 33.0 Å². The standard InChI is InChI=1S/C28H27Cl2N5O/c29-23-15-31-16-24(30)26(23)28(36)34-14-19-8-10-20(11-9-19)17-35(18-22-6-3-12-32-22)25-7-1-4-21-5-2-13-33-27(21)25/h2-3,5,8-13,15-16,25H,1,4,6-7,14,17-18H2,(H,34,36). The second-order valence-corrected chi connectivity index (χ2v) is 9.94. The minimum atomic E-state index is -0.322. The number of pyridine rings is 2. The minimum absolute atomic E-state index is 0.233. The molecule has 0 fully saturated rings. The van der Waals surface area contributed by atoms with Gasteiger partial charge < -0.3 is 5.32 Å². The third-order valence-electron chi connectivity index (χ3n) is 6.65. The van der Waals surface area contributed by atoms with E-state index in [-0.39, 0.29) is 27.6 Å². The van der Waals surface area contributed by atoms with E-state index in [1.165, 1.54) is 34.9 Å². The molecule has 1 aromatic carbocycles. The normalized spacial score (nSPS) is 16.6. The first-order valence-electron chi connectivity index (χ1n) is 12.1. The van der Waals surface area contributed by atoms with Gasteiger partial charge in [0.15, 0.2) is 0 Å². The number of aliphatic imine (C=N–C) groups is 1. The van der Waals surface area contributed by atoms with Crippen molar-refractivity contribution in [3.8, 4) is 0 Å². The van der Waals surface area contributed by atoms with Crippen LogP contribution in [0.25, 0.3) is 0 Å². The maximum Gasteiger partial charge on any atom is 0.254 e. The van der Waals surface area contributed by atoms with E-state index in [4.69, 9.17) is 28.2 Å². The molecule has 1 atom stereocenters. The predicted octanol–water partition coefficient (Wildman–Crippen LogP) is 5.95. The van der Waals surface area contributed by atoms with Gasteiger partial charge in [-0.3, -0.25) is 24.7 Å². The molecule has 0 saturated heterocycles. The number of amides is 1. The number of nitrogens with zero attached hydrogens (tertiary/aromatic N) is 4. The van der Waals surface area contributed by atoms with Crippen molar-refractivity contribution in [2.45, 2.75) is 44.8 Å². The van der Waals surface area contributed by atoms with Gasteiger partial charge in [-0.05, 0) is 42.0 Å². The highest BCUT2D eigenvalue weighted by Crippen LogP contribution is 2.34. The van der Waals surface area contributed by atoms with Gasteiger partial charge in [0.25, 0.3) is 5.91 Å². The minimum Gasteiger partial charge on any atom is -0.348 e. The van der Waals surface area contributed by atoms with E-state index in [0.29, 0.717) is 6.54 Å². The van der Waals surface area contributed by atoms with Crippen molar-refractivity contribution in [1.29, 1.82) is 0 Å². The third-order valence-corrected chi connectivity index (χ3v) is 7.22. The van der Waals surface area contributed by atoms with E-state index in [2.05, 4.69) is 44.5 Å². The molecule has 36 heavy (non-hydrogen) atoms. The Bertz CT molecular complexity index is 1290. The van der Waals surface area contributed by atoms with Crippen molar-refractivity contribution in [3.63, 3.8) is 0 Å². The number of hydrogen-bond acceptors (Lipinski definition) is 5. The molecule has 0 saturated carbocycles. The Morgan fingerprint density at radius 2 is 1.83 bits per heavy atom. The van der Waals surface area contributed by atoms with Gasteiger partial charge in [-0.15, -0.1) is 0 Å². The fraction of sp³-hybridized carbons (Fsp3) is 0.286. The quantitative estimate of drug-likeness (QED) is 0.399. The largest absolute Gasteiger partial charge is 0.348 e. The molecule has 8 heteroatoms. The molecule has 1 aliphatic carbocycles. The van der Waals surface area contributed by atoms with Gasteiger partial charge in [-0.1, -0.05) is 59.6 Å². The van der Waals surface area contributed by atoms with Crippen LogP contribution in [0.5, 0.6) is 0 Å². The van der Waals surface area contributed by atoms with Crippen LogP contribution in [-0.2, 0) is 19.5 Å². The summed E-state index contributed by atoms with van der Waals surface area (Å²) in [6, 6.07) is 12.8. The average molecular weight is 520 g/mol. The Morgan fingerprint density at radius 3 is 2.58 bits per heavy atom. The Balaban J connectivity index is 1.28. The number of nitrogens with one attached hydrogen (secondary N) is 1. The van der Waals surface area contributed by atoms with Gasteiger partial charge in [-0.25, -0.2) is 0 Å². The van der Waals surface area contributed by atoms with Gasteiger partial charge >= 0.3 is 0 Å². The summed E-state index contributed by atoms with van der Waals surface area (Å²) in [5, 5.41) is 3.36. The summed E-state index contributed by atoms with van der Waals surface area (Å²) in [4.78, 5) is 28.3. The van der Waals surface area contributed by atoms with Crippen molar-refractivity contribution >= 4 is 34.8 Å². The zero-order valence-corrected chi connectivity index (χ0v) is 21.3. The van der Waals surface area contributed by atoms with E-state index >= 15 is 0 Å². The molecule has 3 heterocycles. The lowest BCUT2D eigenvalue weighted by Gasteiger charge is -2.35. The number of carbonyl (C=O) groups is 1. The molecular weight excluding hydrogens is 493 g/mol. The lowest BCUT2D eigenvalue weighted by molar-refractivity contribution is 0.0951. The highest BCUT2D eigenvalue weighted by molar-refractivity contribution is 6.39. The molecular formula is C28H27Cl2N5O. The first-order valence-corrected chi connectivity index (χ1v) is 12.9. The molecule has 6 nitrogen and oxygen atoms in total. The second kappa shape index (κ2) is 11.3. The Hall–Kier alpha value is -3.06. The summed E-state index contributed by atoms with van der Waals surface area (Å²) in [6.07, 6.45) is 13.0. The number of aromatic nitrogens is 2.